The van der Waals surface area contributed by atoms with Crippen LogP contribution in [0.25, 0.3) is 0 Å². The van der Waals surface area contributed by atoms with Crippen molar-refractivity contribution < 1.29 is 19.4 Å². The summed E-state index contributed by atoms with van der Waals surface area (Å²) in [6.07, 6.45) is 0.505. The summed E-state index contributed by atoms with van der Waals surface area (Å²) in [6, 6.07) is -0.288. The van der Waals surface area contributed by atoms with E-state index in [2.05, 4.69) is 5.32 Å². The molecule has 1 unspecified atom stereocenters. The van der Waals surface area contributed by atoms with Crippen LogP contribution in [-0.4, -0.2) is 53.3 Å². The quantitative estimate of drug-likeness (QED) is 0.790. The summed E-state index contributed by atoms with van der Waals surface area (Å²) in [5, 5.41) is 11.4. The fourth-order valence-electron chi connectivity index (χ4n) is 1.90. The number of amides is 2. The number of hydrogen-bond acceptors (Lipinski definition) is 3. The van der Waals surface area contributed by atoms with E-state index >= 15 is 0 Å². The molecule has 0 aromatic carbocycles. The van der Waals surface area contributed by atoms with Crippen LogP contribution in [0.2, 0.25) is 0 Å². The lowest BCUT2D eigenvalue weighted by molar-refractivity contribution is -0.137. The summed E-state index contributed by atoms with van der Waals surface area (Å²) in [6.45, 7) is 7.35. The summed E-state index contributed by atoms with van der Waals surface area (Å²) in [5.74, 6) is -0.844. The first-order chi connectivity index (χ1) is 8.30. The molecule has 0 aromatic rings. The molecule has 1 atom stereocenters. The van der Waals surface area contributed by atoms with Crippen molar-refractivity contribution in [2.24, 2.45) is 0 Å². The lowest BCUT2D eigenvalue weighted by Gasteiger charge is -2.38. The summed E-state index contributed by atoms with van der Waals surface area (Å²) in [7, 11) is 0. The van der Waals surface area contributed by atoms with Gasteiger partial charge in [-0.1, -0.05) is 0 Å². The van der Waals surface area contributed by atoms with Crippen molar-refractivity contribution in [1.82, 2.24) is 10.2 Å². The Hall–Kier alpha value is -1.30. The van der Waals surface area contributed by atoms with Gasteiger partial charge < -0.3 is 20.1 Å². The molecule has 18 heavy (non-hydrogen) atoms. The van der Waals surface area contributed by atoms with Crippen LogP contribution in [-0.2, 0) is 9.53 Å². The summed E-state index contributed by atoms with van der Waals surface area (Å²) < 4.78 is 5.53. The molecular formula is C12H22N2O4. The molecule has 6 nitrogen and oxygen atoms in total. The Balaban J connectivity index is 2.38. The third-order valence-electron chi connectivity index (χ3n) is 2.87. The standard InChI is InChI=1S/C12H22N2O4/c1-9(4-5-10(15)16)13-11(17)14-6-7-18-12(2,3)8-14/h9H,4-8H2,1-3H3,(H,13,17)(H,15,16). The first-order valence-corrected chi connectivity index (χ1v) is 6.21. The third kappa shape index (κ3) is 4.91. The minimum absolute atomic E-state index is 0.0655. The van der Waals surface area contributed by atoms with E-state index in [4.69, 9.17) is 9.84 Å². The molecule has 0 spiro atoms. The summed E-state index contributed by atoms with van der Waals surface area (Å²) in [5.41, 5.74) is -0.320. The highest BCUT2D eigenvalue weighted by Crippen LogP contribution is 2.16. The number of carbonyl (C=O) groups excluding carboxylic acids is 1. The molecule has 1 rings (SSSR count). The van der Waals surface area contributed by atoms with E-state index in [0.717, 1.165) is 0 Å². The monoisotopic (exact) mass is 258 g/mol. The molecule has 104 valence electrons. The van der Waals surface area contributed by atoms with Gasteiger partial charge in [-0.2, -0.15) is 0 Å². The zero-order valence-electron chi connectivity index (χ0n) is 11.2. The first kappa shape index (κ1) is 14.8. The van der Waals surface area contributed by atoms with Crippen LogP contribution in [0.5, 0.6) is 0 Å². The van der Waals surface area contributed by atoms with Crippen LogP contribution in [0.1, 0.15) is 33.6 Å². The zero-order chi connectivity index (χ0) is 13.8. The van der Waals surface area contributed by atoms with Crippen molar-refractivity contribution in [3.05, 3.63) is 0 Å². The fourth-order valence-corrected chi connectivity index (χ4v) is 1.90. The molecule has 0 bridgehead atoms. The minimum Gasteiger partial charge on any atom is -0.481 e. The van der Waals surface area contributed by atoms with Crippen LogP contribution in [0.4, 0.5) is 4.79 Å². The first-order valence-electron chi connectivity index (χ1n) is 6.21. The number of carbonyl (C=O) groups is 2. The molecule has 0 saturated carbocycles. The van der Waals surface area contributed by atoms with E-state index < -0.39 is 5.97 Å². The SMILES string of the molecule is CC(CCC(=O)O)NC(=O)N1CCOC(C)(C)C1. The Bertz CT molecular complexity index is 317. The van der Waals surface area contributed by atoms with Gasteiger partial charge in [-0.05, 0) is 27.2 Å². The maximum absolute atomic E-state index is 12.0. The van der Waals surface area contributed by atoms with Crippen LogP contribution in [0.3, 0.4) is 0 Å². The number of hydrogen-bond donors (Lipinski definition) is 2. The third-order valence-corrected chi connectivity index (χ3v) is 2.87. The highest BCUT2D eigenvalue weighted by Gasteiger charge is 2.30. The van der Waals surface area contributed by atoms with E-state index in [1.807, 2.05) is 20.8 Å². The largest absolute Gasteiger partial charge is 0.481 e. The molecule has 1 heterocycles. The Morgan fingerprint density at radius 3 is 2.72 bits per heavy atom. The Morgan fingerprint density at radius 1 is 1.50 bits per heavy atom. The number of urea groups is 1. The number of rotatable bonds is 4. The van der Waals surface area contributed by atoms with Gasteiger partial charge in [0.1, 0.15) is 0 Å². The van der Waals surface area contributed by atoms with Crippen molar-refractivity contribution in [3.63, 3.8) is 0 Å². The maximum Gasteiger partial charge on any atom is 0.317 e. The molecule has 0 radical (unpaired) electrons. The average Bonchev–Trinajstić information content (AvgIpc) is 2.25. The van der Waals surface area contributed by atoms with E-state index in [9.17, 15) is 9.59 Å². The van der Waals surface area contributed by atoms with Crippen molar-refractivity contribution in [2.75, 3.05) is 19.7 Å². The second kappa shape index (κ2) is 6.04. The van der Waals surface area contributed by atoms with Crippen molar-refractivity contribution in [3.8, 4) is 0 Å². The molecule has 2 N–H and O–H groups in total. The van der Waals surface area contributed by atoms with E-state index in [1.54, 1.807) is 4.90 Å². The number of nitrogens with zero attached hydrogens (tertiary/aromatic N) is 1. The van der Waals surface area contributed by atoms with Crippen LogP contribution in [0.15, 0.2) is 0 Å². The molecule has 1 saturated heterocycles. The summed E-state index contributed by atoms with van der Waals surface area (Å²) >= 11 is 0. The number of carboxylic acid groups (broad SMARTS) is 1. The second-order valence-corrected chi connectivity index (χ2v) is 5.31. The average molecular weight is 258 g/mol. The Labute approximate surface area is 107 Å². The predicted molar refractivity (Wildman–Crippen MR) is 66.5 cm³/mol. The van der Waals surface area contributed by atoms with Crippen molar-refractivity contribution >= 4 is 12.0 Å². The Kier molecular flexibility index (Phi) is 4.95. The number of carboxylic acids is 1. The smallest absolute Gasteiger partial charge is 0.317 e. The molecule has 1 fully saturated rings. The lowest BCUT2D eigenvalue weighted by atomic mass is 10.1. The number of morpholine rings is 1. The van der Waals surface area contributed by atoms with Crippen molar-refractivity contribution in [2.45, 2.75) is 45.3 Å². The number of aliphatic carboxylic acids is 1. The van der Waals surface area contributed by atoms with E-state index in [0.29, 0.717) is 26.1 Å². The van der Waals surface area contributed by atoms with Gasteiger partial charge in [0.25, 0.3) is 0 Å². The van der Waals surface area contributed by atoms with E-state index in [-0.39, 0.29) is 24.1 Å². The maximum atomic E-state index is 12.0. The molecule has 0 aromatic heterocycles. The summed E-state index contributed by atoms with van der Waals surface area (Å²) in [4.78, 5) is 24.1. The normalized spacial score (nSPS) is 20.3. The van der Waals surface area contributed by atoms with Gasteiger partial charge in [-0.15, -0.1) is 0 Å². The molecule has 6 heteroatoms. The number of ether oxygens (including phenoxy) is 1. The van der Waals surface area contributed by atoms with Gasteiger partial charge in [0.05, 0.1) is 18.8 Å². The highest BCUT2D eigenvalue weighted by molar-refractivity contribution is 5.74. The topological polar surface area (TPSA) is 78.9 Å². The van der Waals surface area contributed by atoms with Gasteiger partial charge in [0.2, 0.25) is 0 Å². The van der Waals surface area contributed by atoms with Crippen LogP contribution < -0.4 is 5.32 Å². The molecule has 2 amide bonds. The van der Waals surface area contributed by atoms with Gasteiger partial charge in [0.15, 0.2) is 0 Å². The molecule has 0 aliphatic carbocycles. The predicted octanol–water partition coefficient (Wildman–Crippen LogP) is 1.06. The van der Waals surface area contributed by atoms with Gasteiger partial charge in [-0.3, -0.25) is 4.79 Å². The minimum atomic E-state index is -0.844. The van der Waals surface area contributed by atoms with Crippen LogP contribution >= 0.6 is 0 Å². The second-order valence-electron chi connectivity index (χ2n) is 5.31. The van der Waals surface area contributed by atoms with Crippen LogP contribution in [0, 0.1) is 0 Å². The van der Waals surface area contributed by atoms with Gasteiger partial charge in [0, 0.05) is 19.0 Å². The van der Waals surface area contributed by atoms with Gasteiger partial charge in [-0.25, -0.2) is 4.79 Å². The molecular weight excluding hydrogens is 236 g/mol. The number of nitrogens with one attached hydrogen (secondary N) is 1. The highest BCUT2D eigenvalue weighted by atomic mass is 16.5. The van der Waals surface area contributed by atoms with Crippen molar-refractivity contribution in [1.29, 1.82) is 0 Å². The Morgan fingerprint density at radius 2 is 2.17 bits per heavy atom. The van der Waals surface area contributed by atoms with Gasteiger partial charge >= 0.3 is 12.0 Å². The lowest BCUT2D eigenvalue weighted by Crippen LogP contribution is -2.54. The zero-order valence-corrected chi connectivity index (χ0v) is 11.2. The van der Waals surface area contributed by atoms with E-state index in [1.165, 1.54) is 0 Å². The molecule has 1 aliphatic heterocycles. The molecule has 1 aliphatic rings. The fraction of sp³-hybridized carbons (Fsp3) is 0.833.